The minimum absolute atomic E-state index is 0.383. The van der Waals surface area contributed by atoms with Crippen molar-refractivity contribution in [3.63, 3.8) is 0 Å². The van der Waals surface area contributed by atoms with Crippen LogP contribution in [-0.4, -0.2) is 5.78 Å². The highest BCUT2D eigenvalue weighted by Gasteiger charge is 2.55. The third kappa shape index (κ3) is 1.21. The van der Waals surface area contributed by atoms with Gasteiger partial charge in [-0.15, -0.1) is 0 Å². The summed E-state index contributed by atoms with van der Waals surface area (Å²) in [6.07, 6.45) is 6.03. The maximum Gasteiger partial charge on any atom is 0.144 e. The van der Waals surface area contributed by atoms with Gasteiger partial charge in [0.05, 0.1) is 12.7 Å². The molecule has 1 aromatic heterocycles. The minimum Gasteiger partial charge on any atom is -0.469 e. The van der Waals surface area contributed by atoms with Gasteiger partial charge in [-0.3, -0.25) is 4.79 Å². The molecule has 2 atom stereocenters. The predicted molar refractivity (Wildman–Crippen MR) is 51.7 cm³/mol. The van der Waals surface area contributed by atoms with E-state index in [1.54, 1.807) is 6.26 Å². The van der Waals surface area contributed by atoms with Crippen LogP contribution in [-0.2, 0) is 11.2 Å². The number of hydrogen-bond donors (Lipinski definition) is 0. The van der Waals surface area contributed by atoms with E-state index in [-0.39, 0.29) is 0 Å². The molecule has 2 nitrogen and oxygen atoms in total. The second-order valence-electron chi connectivity index (χ2n) is 4.51. The van der Waals surface area contributed by atoms with Crippen molar-refractivity contribution in [1.29, 1.82) is 0 Å². The quantitative estimate of drug-likeness (QED) is 0.732. The fourth-order valence-electron chi connectivity index (χ4n) is 3.00. The summed E-state index contributed by atoms with van der Waals surface area (Å²) in [7, 11) is 0. The van der Waals surface area contributed by atoms with Crippen molar-refractivity contribution in [2.75, 3.05) is 0 Å². The molecule has 0 spiro atoms. The summed E-state index contributed by atoms with van der Waals surface area (Å²) < 4.78 is 5.18. The summed E-state index contributed by atoms with van der Waals surface area (Å²) in [6.45, 7) is 0. The van der Waals surface area contributed by atoms with E-state index in [4.69, 9.17) is 4.42 Å². The summed E-state index contributed by atoms with van der Waals surface area (Å²) in [6, 6.07) is 3.73. The number of Topliss-reactive ketones (excluding diaryl/α,β-unsaturated/α-hetero) is 1. The molecule has 0 bridgehead atoms. The number of carbonyl (C=O) groups is 1. The number of hydrogen-bond acceptors (Lipinski definition) is 2. The van der Waals surface area contributed by atoms with Crippen LogP contribution in [0.3, 0.4) is 0 Å². The molecule has 3 rings (SSSR count). The molecule has 0 N–H and O–H groups in total. The summed E-state index contributed by atoms with van der Waals surface area (Å²) in [4.78, 5) is 11.8. The Hall–Kier alpha value is -1.05. The van der Waals surface area contributed by atoms with Gasteiger partial charge in [0.2, 0.25) is 0 Å². The molecule has 0 radical (unpaired) electrons. The molecular formula is C12H14O2. The third-order valence-electron chi connectivity index (χ3n) is 3.71. The van der Waals surface area contributed by atoms with E-state index >= 15 is 0 Å². The molecule has 0 amide bonds. The number of rotatable bonds is 3. The number of fused-ring (bicyclic) bond motifs is 1. The first-order valence-electron chi connectivity index (χ1n) is 5.41. The van der Waals surface area contributed by atoms with Crippen molar-refractivity contribution in [2.45, 2.75) is 25.7 Å². The Morgan fingerprint density at radius 2 is 2.21 bits per heavy atom. The van der Waals surface area contributed by atoms with Gasteiger partial charge in [-0.1, -0.05) is 6.42 Å². The number of carbonyl (C=O) groups excluding carboxylic acids is 1. The summed E-state index contributed by atoms with van der Waals surface area (Å²) >= 11 is 0. The molecule has 14 heavy (non-hydrogen) atoms. The van der Waals surface area contributed by atoms with Crippen molar-refractivity contribution in [1.82, 2.24) is 0 Å². The first-order chi connectivity index (χ1) is 6.86. The highest BCUT2D eigenvalue weighted by molar-refractivity contribution is 5.86. The highest BCUT2D eigenvalue weighted by Crippen LogP contribution is 2.58. The normalized spacial score (nSPS) is 34.1. The van der Waals surface area contributed by atoms with E-state index in [0.29, 0.717) is 18.1 Å². The molecule has 0 aromatic carbocycles. The van der Waals surface area contributed by atoms with Gasteiger partial charge in [0.25, 0.3) is 0 Å². The fraction of sp³-hybridized carbons (Fsp3) is 0.583. The van der Waals surface area contributed by atoms with Crippen LogP contribution in [0.2, 0.25) is 0 Å². The van der Waals surface area contributed by atoms with Crippen molar-refractivity contribution >= 4 is 5.78 Å². The zero-order chi connectivity index (χ0) is 9.54. The molecule has 2 fully saturated rings. The predicted octanol–water partition coefficient (Wildman–Crippen LogP) is 2.44. The van der Waals surface area contributed by atoms with Crippen LogP contribution in [0.4, 0.5) is 0 Å². The van der Waals surface area contributed by atoms with Gasteiger partial charge in [0.1, 0.15) is 11.5 Å². The average molecular weight is 190 g/mol. The maximum absolute atomic E-state index is 11.8. The van der Waals surface area contributed by atoms with Gasteiger partial charge in [0, 0.05) is 5.92 Å². The Labute approximate surface area is 83.3 Å². The topological polar surface area (TPSA) is 30.2 Å². The summed E-state index contributed by atoms with van der Waals surface area (Å²) in [5, 5.41) is 0. The number of furan rings is 1. The molecule has 0 saturated heterocycles. The monoisotopic (exact) mass is 190 g/mol. The SMILES string of the molecule is O=C(Cc1ccco1)C1C2CCCC21. The molecule has 1 heterocycles. The van der Waals surface area contributed by atoms with E-state index in [0.717, 1.165) is 17.6 Å². The molecule has 2 heteroatoms. The van der Waals surface area contributed by atoms with Crippen LogP contribution in [0.1, 0.15) is 25.0 Å². The van der Waals surface area contributed by atoms with Gasteiger partial charge >= 0.3 is 0 Å². The zero-order valence-electron chi connectivity index (χ0n) is 8.11. The Bertz CT molecular complexity index is 329. The Morgan fingerprint density at radius 1 is 1.43 bits per heavy atom. The maximum atomic E-state index is 11.8. The van der Waals surface area contributed by atoms with E-state index in [9.17, 15) is 4.79 Å². The molecule has 2 unspecified atom stereocenters. The van der Waals surface area contributed by atoms with Gasteiger partial charge < -0.3 is 4.42 Å². The second kappa shape index (κ2) is 2.97. The Morgan fingerprint density at radius 3 is 2.86 bits per heavy atom. The first-order valence-corrected chi connectivity index (χ1v) is 5.41. The smallest absolute Gasteiger partial charge is 0.144 e. The standard InChI is InChI=1S/C12H14O2/c13-11(7-8-3-2-6-14-8)12-9-4-1-5-10(9)12/h2-3,6,9-10,12H,1,4-5,7H2. The highest BCUT2D eigenvalue weighted by atomic mass is 16.3. The molecule has 2 aliphatic rings. The largest absolute Gasteiger partial charge is 0.469 e. The van der Waals surface area contributed by atoms with Crippen molar-refractivity contribution in [3.8, 4) is 0 Å². The fourth-order valence-corrected chi connectivity index (χ4v) is 3.00. The van der Waals surface area contributed by atoms with Crippen LogP contribution in [0, 0.1) is 17.8 Å². The molecule has 2 saturated carbocycles. The first kappa shape index (κ1) is 8.27. The van der Waals surface area contributed by atoms with E-state index in [2.05, 4.69) is 0 Å². The van der Waals surface area contributed by atoms with Crippen LogP contribution in [0.15, 0.2) is 22.8 Å². The Balaban J connectivity index is 1.62. The molecule has 74 valence electrons. The van der Waals surface area contributed by atoms with E-state index in [1.807, 2.05) is 12.1 Å². The Kier molecular flexibility index (Phi) is 1.76. The third-order valence-corrected chi connectivity index (χ3v) is 3.71. The van der Waals surface area contributed by atoms with Gasteiger partial charge in [-0.25, -0.2) is 0 Å². The van der Waals surface area contributed by atoms with Crippen molar-refractivity contribution in [3.05, 3.63) is 24.2 Å². The lowest BCUT2D eigenvalue weighted by molar-refractivity contribution is -0.120. The average Bonchev–Trinajstić information content (AvgIpc) is 2.63. The van der Waals surface area contributed by atoms with E-state index in [1.165, 1.54) is 19.3 Å². The zero-order valence-corrected chi connectivity index (χ0v) is 8.11. The van der Waals surface area contributed by atoms with Crippen LogP contribution < -0.4 is 0 Å². The van der Waals surface area contributed by atoms with Gasteiger partial charge in [-0.05, 0) is 36.8 Å². The molecule has 2 aliphatic carbocycles. The van der Waals surface area contributed by atoms with E-state index < -0.39 is 0 Å². The summed E-state index contributed by atoms with van der Waals surface area (Å²) in [5.74, 6) is 3.07. The summed E-state index contributed by atoms with van der Waals surface area (Å²) in [5.41, 5.74) is 0. The number of ketones is 1. The lowest BCUT2D eigenvalue weighted by atomic mass is 10.0. The molecule has 0 aliphatic heterocycles. The minimum atomic E-state index is 0.383. The lowest BCUT2D eigenvalue weighted by Gasteiger charge is -2.00. The van der Waals surface area contributed by atoms with Gasteiger partial charge in [0.15, 0.2) is 0 Å². The van der Waals surface area contributed by atoms with Crippen LogP contribution in [0.5, 0.6) is 0 Å². The van der Waals surface area contributed by atoms with Crippen molar-refractivity contribution in [2.24, 2.45) is 17.8 Å². The van der Waals surface area contributed by atoms with Crippen LogP contribution >= 0.6 is 0 Å². The van der Waals surface area contributed by atoms with Crippen LogP contribution in [0.25, 0.3) is 0 Å². The second-order valence-corrected chi connectivity index (χ2v) is 4.51. The van der Waals surface area contributed by atoms with Crippen molar-refractivity contribution < 1.29 is 9.21 Å². The lowest BCUT2D eigenvalue weighted by Crippen LogP contribution is -2.08. The molecule has 1 aromatic rings. The molecular weight excluding hydrogens is 176 g/mol. The van der Waals surface area contributed by atoms with Gasteiger partial charge in [-0.2, -0.15) is 0 Å².